The van der Waals surface area contributed by atoms with Crippen molar-refractivity contribution in [3.8, 4) is 0 Å². The fourth-order valence-corrected chi connectivity index (χ4v) is 2.71. The SMILES string of the molecule is O=c1[nH]c(CNc2cc(Cl)ccc2F)nc2ccsc12. The molecular weight excluding hydrogens is 301 g/mol. The maximum Gasteiger partial charge on any atom is 0.268 e. The molecule has 0 atom stereocenters. The van der Waals surface area contributed by atoms with Crippen LogP contribution >= 0.6 is 22.9 Å². The van der Waals surface area contributed by atoms with E-state index in [9.17, 15) is 9.18 Å². The normalized spacial score (nSPS) is 10.9. The second-order valence-corrected chi connectivity index (χ2v) is 5.48. The number of thiophene rings is 1. The van der Waals surface area contributed by atoms with Crippen molar-refractivity contribution in [1.82, 2.24) is 9.97 Å². The van der Waals surface area contributed by atoms with Crippen LogP contribution in [0.4, 0.5) is 10.1 Å². The summed E-state index contributed by atoms with van der Waals surface area (Å²) in [6.07, 6.45) is 0. The van der Waals surface area contributed by atoms with Gasteiger partial charge in [0.05, 0.1) is 17.7 Å². The maximum absolute atomic E-state index is 13.5. The van der Waals surface area contributed by atoms with E-state index in [1.807, 2.05) is 0 Å². The molecule has 0 radical (unpaired) electrons. The number of aromatic amines is 1. The predicted molar refractivity (Wildman–Crippen MR) is 79.0 cm³/mol. The summed E-state index contributed by atoms with van der Waals surface area (Å²) in [5, 5.41) is 5.11. The third kappa shape index (κ3) is 2.52. The van der Waals surface area contributed by atoms with Crippen LogP contribution in [0, 0.1) is 5.82 Å². The summed E-state index contributed by atoms with van der Waals surface area (Å²) in [6.45, 7) is 0.207. The minimum Gasteiger partial charge on any atom is -0.375 e. The lowest BCUT2D eigenvalue weighted by Gasteiger charge is -2.07. The molecule has 0 amide bonds. The lowest BCUT2D eigenvalue weighted by molar-refractivity contribution is 0.630. The molecule has 3 rings (SSSR count). The van der Waals surface area contributed by atoms with Gasteiger partial charge in [-0.2, -0.15) is 0 Å². The number of nitrogens with one attached hydrogen (secondary N) is 2. The Bertz CT molecular complexity index is 830. The Morgan fingerprint density at radius 3 is 3.10 bits per heavy atom. The van der Waals surface area contributed by atoms with Gasteiger partial charge in [-0.25, -0.2) is 9.37 Å². The second kappa shape index (κ2) is 5.22. The summed E-state index contributed by atoms with van der Waals surface area (Å²) in [7, 11) is 0. The smallest absolute Gasteiger partial charge is 0.268 e. The third-order valence-corrected chi connectivity index (χ3v) is 3.88. The topological polar surface area (TPSA) is 57.8 Å². The standard InChI is InChI=1S/C13H9ClFN3OS/c14-7-1-2-8(15)10(5-7)16-6-11-17-9-3-4-20-12(9)13(19)18-11/h1-5,16H,6H2,(H,17,18,19). The molecule has 3 aromatic rings. The highest BCUT2D eigenvalue weighted by Crippen LogP contribution is 2.20. The van der Waals surface area contributed by atoms with Gasteiger partial charge in [-0.15, -0.1) is 11.3 Å². The van der Waals surface area contributed by atoms with E-state index in [1.54, 1.807) is 11.4 Å². The number of halogens is 2. The summed E-state index contributed by atoms with van der Waals surface area (Å²) < 4.78 is 14.1. The molecule has 0 fully saturated rings. The molecular formula is C13H9ClFN3OS. The number of benzene rings is 1. The van der Waals surface area contributed by atoms with Gasteiger partial charge in [-0.05, 0) is 29.6 Å². The minimum atomic E-state index is -0.409. The van der Waals surface area contributed by atoms with Crippen LogP contribution < -0.4 is 10.9 Å². The molecule has 0 spiro atoms. The van der Waals surface area contributed by atoms with Gasteiger partial charge in [0.25, 0.3) is 5.56 Å². The van der Waals surface area contributed by atoms with Crippen molar-refractivity contribution in [3.05, 3.63) is 56.7 Å². The molecule has 0 saturated carbocycles. The van der Waals surface area contributed by atoms with Gasteiger partial charge in [-0.3, -0.25) is 4.79 Å². The van der Waals surface area contributed by atoms with E-state index in [1.165, 1.54) is 29.5 Å². The van der Waals surface area contributed by atoms with Gasteiger partial charge < -0.3 is 10.3 Å². The van der Waals surface area contributed by atoms with Gasteiger partial charge >= 0.3 is 0 Å². The molecule has 0 aliphatic heterocycles. The van der Waals surface area contributed by atoms with E-state index in [2.05, 4.69) is 15.3 Å². The van der Waals surface area contributed by atoms with E-state index in [-0.39, 0.29) is 17.8 Å². The number of hydrogen-bond donors (Lipinski definition) is 2. The van der Waals surface area contributed by atoms with Gasteiger partial charge in [0.2, 0.25) is 0 Å². The first kappa shape index (κ1) is 13.1. The van der Waals surface area contributed by atoms with Gasteiger partial charge in [0, 0.05) is 5.02 Å². The predicted octanol–water partition coefficient (Wildman–Crippen LogP) is 3.39. The van der Waals surface area contributed by atoms with Crippen LogP contribution in [-0.2, 0) is 6.54 Å². The first-order valence-corrected chi connectivity index (χ1v) is 7.04. The summed E-state index contributed by atoms with van der Waals surface area (Å²) in [5.41, 5.74) is 0.723. The van der Waals surface area contributed by atoms with Crippen LogP contribution in [0.15, 0.2) is 34.4 Å². The molecule has 20 heavy (non-hydrogen) atoms. The Labute approximate surface area is 122 Å². The van der Waals surface area contributed by atoms with Crippen LogP contribution in [0.25, 0.3) is 10.2 Å². The number of aromatic nitrogens is 2. The van der Waals surface area contributed by atoms with Crippen LogP contribution in [0.5, 0.6) is 0 Å². The number of nitrogens with zero attached hydrogens (tertiary/aromatic N) is 1. The van der Waals surface area contributed by atoms with Crippen LogP contribution in [-0.4, -0.2) is 9.97 Å². The molecule has 2 heterocycles. The van der Waals surface area contributed by atoms with Crippen molar-refractivity contribution in [2.75, 3.05) is 5.32 Å². The third-order valence-electron chi connectivity index (χ3n) is 2.74. The molecule has 0 aliphatic rings. The molecule has 2 aromatic heterocycles. The van der Waals surface area contributed by atoms with Gasteiger partial charge in [0.1, 0.15) is 16.3 Å². The molecule has 0 unspecified atom stereocenters. The summed E-state index contributed by atoms with van der Waals surface area (Å²) in [6, 6.07) is 6.01. The van der Waals surface area contributed by atoms with E-state index in [4.69, 9.17) is 11.6 Å². The monoisotopic (exact) mass is 309 g/mol. The Kier molecular flexibility index (Phi) is 3.42. The number of H-pyrrole nitrogens is 1. The van der Waals surface area contributed by atoms with Crippen molar-refractivity contribution in [3.63, 3.8) is 0 Å². The highest BCUT2D eigenvalue weighted by molar-refractivity contribution is 7.17. The number of hydrogen-bond acceptors (Lipinski definition) is 4. The lowest BCUT2D eigenvalue weighted by atomic mass is 10.3. The quantitative estimate of drug-likeness (QED) is 0.779. The first-order valence-electron chi connectivity index (χ1n) is 5.79. The number of fused-ring (bicyclic) bond motifs is 1. The van der Waals surface area contributed by atoms with Crippen molar-refractivity contribution < 1.29 is 4.39 Å². The summed E-state index contributed by atoms with van der Waals surface area (Å²) in [5.74, 6) is 0.0358. The largest absolute Gasteiger partial charge is 0.375 e. The van der Waals surface area contributed by atoms with E-state index < -0.39 is 5.82 Å². The van der Waals surface area contributed by atoms with E-state index >= 15 is 0 Å². The number of rotatable bonds is 3. The van der Waals surface area contributed by atoms with Crippen molar-refractivity contribution >= 4 is 38.8 Å². The Hall–Kier alpha value is -1.92. The van der Waals surface area contributed by atoms with Crippen LogP contribution in [0.1, 0.15) is 5.82 Å². The van der Waals surface area contributed by atoms with Crippen LogP contribution in [0.2, 0.25) is 5.02 Å². The van der Waals surface area contributed by atoms with E-state index in [0.29, 0.717) is 21.1 Å². The van der Waals surface area contributed by atoms with Crippen molar-refractivity contribution in [2.45, 2.75) is 6.54 Å². The number of anilines is 1. The lowest BCUT2D eigenvalue weighted by Crippen LogP contribution is -2.13. The molecule has 2 N–H and O–H groups in total. The zero-order valence-electron chi connectivity index (χ0n) is 10.1. The first-order chi connectivity index (χ1) is 9.63. The molecule has 102 valence electrons. The molecule has 1 aromatic carbocycles. The molecule has 7 heteroatoms. The average molecular weight is 310 g/mol. The Morgan fingerprint density at radius 2 is 2.25 bits per heavy atom. The van der Waals surface area contributed by atoms with Gasteiger partial charge in [0.15, 0.2) is 0 Å². The molecule has 0 aliphatic carbocycles. The maximum atomic E-state index is 13.5. The fourth-order valence-electron chi connectivity index (χ4n) is 1.82. The summed E-state index contributed by atoms with van der Waals surface area (Å²) >= 11 is 7.15. The zero-order valence-corrected chi connectivity index (χ0v) is 11.7. The zero-order chi connectivity index (χ0) is 14.1. The second-order valence-electron chi connectivity index (χ2n) is 4.13. The minimum absolute atomic E-state index is 0.187. The highest BCUT2D eigenvalue weighted by atomic mass is 35.5. The van der Waals surface area contributed by atoms with Crippen molar-refractivity contribution in [1.29, 1.82) is 0 Å². The summed E-state index contributed by atoms with van der Waals surface area (Å²) in [4.78, 5) is 18.8. The molecule has 0 bridgehead atoms. The van der Waals surface area contributed by atoms with Crippen molar-refractivity contribution in [2.24, 2.45) is 0 Å². The molecule has 4 nitrogen and oxygen atoms in total. The highest BCUT2D eigenvalue weighted by Gasteiger charge is 2.06. The molecule has 0 saturated heterocycles. The average Bonchev–Trinajstić information content (AvgIpc) is 2.89. The van der Waals surface area contributed by atoms with Crippen LogP contribution in [0.3, 0.4) is 0 Å². The van der Waals surface area contributed by atoms with E-state index in [0.717, 1.165) is 0 Å². The van der Waals surface area contributed by atoms with Gasteiger partial charge in [-0.1, -0.05) is 11.6 Å². The fraction of sp³-hybridized carbons (Fsp3) is 0.0769. The Balaban J connectivity index is 1.86. The Morgan fingerprint density at radius 1 is 1.40 bits per heavy atom.